The predicted molar refractivity (Wildman–Crippen MR) is 63.8 cm³/mol. The van der Waals surface area contributed by atoms with Crippen molar-refractivity contribution >= 4 is 5.91 Å². The van der Waals surface area contributed by atoms with Gasteiger partial charge >= 0.3 is 0 Å². The second-order valence-electron chi connectivity index (χ2n) is 3.60. The van der Waals surface area contributed by atoms with E-state index in [-0.39, 0.29) is 18.4 Å². The third kappa shape index (κ3) is 5.44. The average molecular weight is 238 g/mol. The minimum atomic E-state index is -0.268. The lowest BCUT2D eigenvalue weighted by atomic mass is 10.2. The Labute approximate surface area is 101 Å². The fourth-order valence-electron chi connectivity index (χ4n) is 1.29. The smallest absolute Gasteiger partial charge is 0.246 e. The van der Waals surface area contributed by atoms with E-state index in [0.717, 1.165) is 5.56 Å². The van der Waals surface area contributed by atoms with Gasteiger partial charge in [-0.2, -0.15) is 0 Å². The Bertz CT molecular complexity index is 326. The summed E-state index contributed by atoms with van der Waals surface area (Å²) in [5.41, 5.74) is 8.76. The molecule has 0 saturated heterocycles. The zero-order valence-electron chi connectivity index (χ0n) is 9.89. The molecule has 1 unspecified atom stereocenters. The van der Waals surface area contributed by atoms with Gasteiger partial charge in [0, 0.05) is 13.7 Å². The minimum absolute atomic E-state index is 0.196. The van der Waals surface area contributed by atoms with Crippen LogP contribution in [0.15, 0.2) is 30.3 Å². The molecule has 17 heavy (non-hydrogen) atoms. The molecule has 1 aromatic rings. The summed E-state index contributed by atoms with van der Waals surface area (Å²) in [5.74, 6) is -0.238. The van der Waals surface area contributed by atoms with Gasteiger partial charge in [0.25, 0.3) is 0 Å². The maximum atomic E-state index is 11.4. The Balaban J connectivity index is 2.20. The fraction of sp³-hybridized carbons (Fsp3) is 0.417. The Kier molecular flexibility index (Phi) is 6.24. The molecule has 1 amide bonds. The zero-order chi connectivity index (χ0) is 12.5. The fourth-order valence-corrected chi connectivity index (χ4v) is 1.29. The van der Waals surface area contributed by atoms with Gasteiger partial charge in [-0.05, 0) is 5.56 Å². The van der Waals surface area contributed by atoms with E-state index in [1.165, 1.54) is 7.11 Å². The first-order chi connectivity index (χ1) is 8.26. The van der Waals surface area contributed by atoms with Crippen LogP contribution >= 0.6 is 0 Å². The van der Waals surface area contributed by atoms with Gasteiger partial charge in [-0.1, -0.05) is 30.3 Å². The second-order valence-corrected chi connectivity index (χ2v) is 3.60. The Morgan fingerprint density at radius 3 is 2.71 bits per heavy atom. The monoisotopic (exact) mass is 238 g/mol. The first-order valence-corrected chi connectivity index (χ1v) is 5.43. The number of hydrogen-bond acceptors (Lipinski definition) is 4. The van der Waals surface area contributed by atoms with Gasteiger partial charge in [-0.25, -0.2) is 5.48 Å². The second kappa shape index (κ2) is 7.78. The van der Waals surface area contributed by atoms with Crippen LogP contribution in [0.2, 0.25) is 0 Å². The molecular weight excluding hydrogens is 220 g/mol. The number of methoxy groups -OCH3 is 1. The van der Waals surface area contributed by atoms with Crippen LogP contribution in [0.4, 0.5) is 0 Å². The molecule has 94 valence electrons. The minimum Gasteiger partial charge on any atom is -0.380 e. The largest absolute Gasteiger partial charge is 0.380 e. The number of amides is 1. The van der Waals surface area contributed by atoms with Crippen molar-refractivity contribution in [2.75, 3.05) is 13.7 Å². The third-order valence-corrected chi connectivity index (χ3v) is 2.28. The maximum Gasteiger partial charge on any atom is 0.246 e. The summed E-state index contributed by atoms with van der Waals surface area (Å²) in [7, 11) is 1.52. The molecule has 0 fully saturated rings. The van der Waals surface area contributed by atoms with E-state index in [1.54, 1.807) is 0 Å². The van der Waals surface area contributed by atoms with Crippen molar-refractivity contribution in [3.05, 3.63) is 35.9 Å². The number of carbonyl (C=O) groups is 1. The molecule has 0 bridgehead atoms. The van der Waals surface area contributed by atoms with Gasteiger partial charge < -0.3 is 10.5 Å². The molecule has 0 saturated carbocycles. The summed E-state index contributed by atoms with van der Waals surface area (Å²) < 4.78 is 4.99. The topological polar surface area (TPSA) is 73.6 Å². The van der Waals surface area contributed by atoms with E-state index in [1.807, 2.05) is 30.3 Å². The normalized spacial score (nSPS) is 12.1. The van der Waals surface area contributed by atoms with Crippen LogP contribution in [0.25, 0.3) is 0 Å². The molecule has 0 aliphatic heterocycles. The SMILES string of the molecule is COC(CN)CC(=O)NOCc1ccccc1. The van der Waals surface area contributed by atoms with Crippen molar-refractivity contribution in [1.29, 1.82) is 0 Å². The first-order valence-electron chi connectivity index (χ1n) is 5.43. The Hall–Kier alpha value is -1.43. The van der Waals surface area contributed by atoms with E-state index in [2.05, 4.69) is 5.48 Å². The maximum absolute atomic E-state index is 11.4. The van der Waals surface area contributed by atoms with Crippen LogP contribution in [-0.2, 0) is 21.0 Å². The van der Waals surface area contributed by atoms with Crippen molar-refractivity contribution < 1.29 is 14.4 Å². The standard InChI is InChI=1S/C12H18N2O3/c1-16-11(8-13)7-12(15)14-17-9-10-5-3-2-4-6-10/h2-6,11H,7-9,13H2,1H3,(H,14,15). The number of hydroxylamine groups is 1. The summed E-state index contributed by atoms with van der Waals surface area (Å²) in [6, 6.07) is 9.59. The van der Waals surface area contributed by atoms with E-state index in [9.17, 15) is 4.79 Å². The summed E-state index contributed by atoms with van der Waals surface area (Å²) in [5, 5.41) is 0. The van der Waals surface area contributed by atoms with Crippen molar-refractivity contribution in [1.82, 2.24) is 5.48 Å². The summed E-state index contributed by atoms with van der Waals surface area (Å²) in [6.07, 6.45) is -0.0720. The van der Waals surface area contributed by atoms with Crippen LogP contribution in [0, 0.1) is 0 Å². The predicted octanol–water partition coefficient (Wildman–Crippen LogP) is 0.598. The van der Waals surface area contributed by atoms with Crippen molar-refractivity contribution in [2.45, 2.75) is 19.1 Å². The van der Waals surface area contributed by atoms with Crippen molar-refractivity contribution in [3.63, 3.8) is 0 Å². The lowest BCUT2D eigenvalue weighted by molar-refractivity contribution is -0.136. The van der Waals surface area contributed by atoms with Gasteiger partial charge in [0.05, 0.1) is 19.1 Å². The van der Waals surface area contributed by atoms with E-state index >= 15 is 0 Å². The first kappa shape index (κ1) is 13.6. The van der Waals surface area contributed by atoms with Crippen molar-refractivity contribution in [2.24, 2.45) is 5.73 Å². The third-order valence-electron chi connectivity index (χ3n) is 2.28. The molecule has 5 nitrogen and oxygen atoms in total. The highest BCUT2D eigenvalue weighted by Crippen LogP contribution is 2.00. The lowest BCUT2D eigenvalue weighted by Crippen LogP contribution is -2.32. The highest BCUT2D eigenvalue weighted by Gasteiger charge is 2.10. The van der Waals surface area contributed by atoms with E-state index < -0.39 is 0 Å². The highest BCUT2D eigenvalue weighted by atomic mass is 16.6. The number of rotatable bonds is 7. The van der Waals surface area contributed by atoms with Gasteiger partial charge in [-0.3, -0.25) is 9.63 Å². The average Bonchev–Trinajstić information content (AvgIpc) is 2.37. The quantitative estimate of drug-likeness (QED) is 0.682. The lowest BCUT2D eigenvalue weighted by Gasteiger charge is -2.12. The molecule has 3 N–H and O–H groups in total. The van der Waals surface area contributed by atoms with Gasteiger partial charge in [0.2, 0.25) is 5.91 Å². The van der Waals surface area contributed by atoms with E-state index in [0.29, 0.717) is 13.2 Å². The van der Waals surface area contributed by atoms with Crippen LogP contribution in [0.3, 0.4) is 0 Å². The van der Waals surface area contributed by atoms with Gasteiger partial charge in [-0.15, -0.1) is 0 Å². The van der Waals surface area contributed by atoms with Crippen LogP contribution in [0.1, 0.15) is 12.0 Å². The molecule has 0 aliphatic carbocycles. The molecule has 1 aromatic carbocycles. The Morgan fingerprint density at radius 1 is 1.41 bits per heavy atom. The van der Waals surface area contributed by atoms with E-state index in [4.69, 9.17) is 15.3 Å². The molecule has 1 rings (SSSR count). The molecule has 5 heteroatoms. The molecule has 0 heterocycles. The van der Waals surface area contributed by atoms with Crippen LogP contribution in [-0.4, -0.2) is 25.7 Å². The summed E-state index contributed by atoms with van der Waals surface area (Å²) >= 11 is 0. The molecule has 0 radical (unpaired) electrons. The van der Waals surface area contributed by atoms with Crippen LogP contribution < -0.4 is 11.2 Å². The van der Waals surface area contributed by atoms with Gasteiger partial charge in [0.1, 0.15) is 0 Å². The van der Waals surface area contributed by atoms with Crippen LogP contribution in [0.5, 0.6) is 0 Å². The molecular formula is C12H18N2O3. The molecule has 1 atom stereocenters. The number of hydrogen-bond donors (Lipinski definition) is 2. The summed E-state index contributed by atoms with van der Waals surface area (Å²) in [6.45, 7) is 0.648. The highest BCUT2D eigenvalue weighted by molar-refractivity contribution is 5.75. The number of carbonyl (C=O) groups excluding carboxylic acids is 1. The Morgan fingerprint density at radius 2 is 2.12 bits per heavy atom. The number of nitrogens with one attached hydrogen (secondary N) is 1. The number of benzene rings is 1. The van der Waals surface area contributed by atoms with Gasteiger partial charge in [0.15, 0.2) is 0 Å². The molecule has 0 aliphatic rings. The zero-order valence-corrected chi connectivity index (χ0v) is 9.89. The molecule has 0 aromatic heterocycles. The molecule has 0 spiro atoms. The number of nitrogens with two attached hydrogens (primary N) is 1. The summed E-state index contributed by atoms with van der Waals surface area (Å²) in [4.78, 5) is 16.5. The van der Waals surface area contributed by atoms with Crippen molar-refractivity contribution in [3.8, 4) is 0 Å². The number of ether oxygens (including phenoxy) is 1.